The third kappa shape index (κ3) is 3.43. The van der Waals surface area contributed by atoms with Crippen molar-refractivity contribution in [1.29, 1.82) is 0 Å². The molecule has 0 aromatic carbocycles. The fourth-order valence-corrected chi connectivity index (χ4v) is 1.20. The molecular weight excluding hydrogens is 180 g/mol. The Morgan fingerprint density at radius 1 is 1.57 bits per heavy atom. The highest BCUT2D eigenvalue weighted by atomic mass is 16.5. The van der Waals surface area contributed by atoms with Crippen molar-refractivity contribution < 1.29 is 4.74 Å². The molecule has 0 bridgehead atoms. The lowest BCUT2D eigenvalue weighted by Gasteiger charge is -2.17. The Bertz CT molecular complexity index is 277. The minimum Gasteiger partial charge on any atom is -0.383 e. The van der Waals surface area contributed by atoms with E-state index in [1.54, 1.807) is 13.4 Å². The Hall–Kier alpha value is -0.940. The lowest BCUT2D eigenvalue weighted by molar-refractivity contribution is 0.186. The smallest absolute Gasteiger partial charge is 0.134 e. The van der Waals surface area contributed by atoms with Gasteiger partial charge in [-0.05, 0) is 13.8 Å². The fourth-order valence-electron chi connectivity index (χ4n) is 1.20. The first-order chi connectivity index (χ1) is 6.53. The average Bonchev–Trinajstić information content (AvgIpc) is 2.45. The van der Waals surface area contributed by atoms with Gasteiger partial charge in [0.15, 0.2) is 0 Å². The van der Waals surface area contributed by atoms with E-state index in [1.165, 1.54) is 0 Å². The number of hydrogen-bond acceptors (Lipinski definition) is 4. The van der Waals surface area contributed by atoms with Crippen LogP contribution >= 0.6 is 0 Å². The van der Waals surface area contributed by atoms with Crippen LogP contribution in [-0.2, 0) is 17.7 Å². The highest BCUT2D eigenvalue weighted by molar-refractivity contribution is 4.93. The summed E-state index contributed by atoms with van der Waals surface area (Å²) in [5, 5.41) is 7.89. The van der Waals surface area contributed by atoms with Gasteiger partial charge in [0.1, 0.15) is 12.2 Å². The van der Waals surface area contributed by atoms with Crippen molar-refractivity contribution in [3.8, 4) is 0 Å². The van der Waals surface area contributed by atoms with Gasteiger partial charge in [0.2, 0.25) is 0 Å². The molecule has 14 heavy (non-hydrogen) atoms. The van der Waals surface area contributed by atoms with Gasteiger partial charge in [-0.3, -0.25) is 0 Å². The molecule has 0 aliphatic carbocycles. The van der Waals surface area contributed by atoms with Crippen LogP contribution in [-0.4, -0.2) is 34.0 Å². The van der Waals surface area contributed by atoms with Crippen LogP contribution < -0.4 is 5.73 Å². The topological polar surface area (TPSA) is 66.0 Å². The highest BCUT2D eigenvalue weighted by Crippen LogP contribution is 2.07. The zero-order chi connectivity index (χ0) is 10.6. The van der Waals surface area contributed by atoms with Crippen molar-refractivity contribution >= 4 is 0 Å². The van der Waals surface area contributed by atoms with Crippen molar-refractivity contribution in [1.82, 2.24) is 14.8 Å². The average molecular weight is 198 g/mol. The summed E-state index contributed by atoms with van der Waals surface area (Å²) in [5.74, 6) is 0.912. The van der Waals surface area contributed by atoms with Crippen molar-refractivity contribution in [3.63, 3.8) is 0 Å². The second-order valence-corrected chi connectivity index (χ2v) is 4.10. The van der Waals surface area contributed by atoms with Gasteiger partial charge in [-0.2, -0.15) is 0 Å². The quantitative estimate of drug-likeness (QED) is 0.734. The second-order valence-electron chi connectivity index (χ2n) is 4.10. The fraction of sp³-hybridized carbons (Fsp3) is 0.778. The van der Waals surface area contributed by atoms with E-state index < -0.39 is 0 Å². The van der Waals surface area contributed by atoms with Gasteiger partial charge >= 0.3 is 0 Å². The summed E-state index contributed by atoms with van der Waals surface area (Å²) in [6.07, 6.45) is 2.43. The molecular formula is C9H18N4O. The first-order valence-electron chi connectivity index (χ1n) is 4.67. The van der Waals surface area contributed by atoms with Gasteiger partial charge in [-0.1, -0.05) is 0 Å². The maximum atomic E-state index is 5.91. The molecule has 0 aliphatic heterocycles. The summed E-state index contributed by atoms with van der Waals surface area (Å²) in [6.45, 7) is 5.38. The van der Waals surface area contributed by atoms with Crippen LogP contribution in [0.5, 0.6) is 0 Å². The van der Waals surface area contributed by atoms with E-state index in [0.717, 1.165) is 18.8 Å². The maximum Gasteiger partial charge on any atom is 0.134 e. The van der Waals surface area contributed by atoms with Gasteiger partial charge < -0.3 is 15.0 Å². The minimum absolute atomic E-state index is 0.252. The molecule has 1 aromatic heterocycles. The lowest BCUT2D eigenvalue weighted by atomic mass is 10.0. The van der Waals surface area contributed by atoms with Crippen LogP contribution in [0.2, 0.25) is 0 Å². The largest absolute Gasteiger partial charge is 0.383 e. The number of hydrogen-bond donors (Lipinski definition) is 1. The van der Waals surface area contributed by atoms with E-state index in [0.29, 0.717) is 6.61 Å². The summed E-state index contributed by atoms with van der Waals surface area (Å²) >= 11 is 0. The molecule has 0 saturated carbocycles. The molecule has 80 valence electrons. The number of rotatable bonds is 5. The third-order valence-electron chi connectivity index (χ3n) is 1.85. The zero-order valence-corrected chi connectivity index (χ0v) is 9.03. The van der Waals surface area contributed by atoms with Crippen LogP contribution in [0.1, 0.15) is 19.7 Å². The standard InChI is InChI=1S/C9H18N4O/c1-9(2,10)6-8-12-11-7-13(8)4-5-14-3/h7H,4-6,10H2,1-3H3. The molecule has 2 N–H and O–H groups in total. The summed E-state index contributed by atoms with van der Waals surface area (Å²) in [4.78, 5) is 0. The van der Waals surface area contributed by atoms with Gasteiger partial charge in [-0.15, -0.1) is 10.2 Å². The molecule has 1 aromatic rings. The molecule has 0 spiro atoms. The number of methoxy groups -OCH3 is 1. The molecule has 0 saturated heterocycles. The SMILES string of the molecule is COCCn1cnnc1CC(C)(C)N. The van der Waals surface area contributed by atoms with Crippen molar-refractivity contribution in [2.24, 2.45) is 5.73 Å². The predicted molar refractivity (Wildman–Crippen MR) is 53.9 cm³/mol. The third-order valence-corrected chi connectivity index (χ3v) is 1.85. The van der Waals surface area contributed by atoms with E-state index in [-0.39, 0.29) is 5.54 Å². The molecule has 5 nitrogen and oxygen atoms in total. The molecule has 1 heterocycles. The maximum absolute atomic E-state index is 5.91. The molecule has 0 unspecified atom stereocenters. The second kappa shape index (κ2) is 4.52. The highest BCUT2D eigenvalue weighted by Gasteiger charge is 2.15. The lowest BCUT2D eigenvalue weighted by Crippen LogP contribution is -2.35. The van der Waals surface area contributed by atoms with Crippen molar-refractivity contribution in [2.45, 2.75) is 32.4 Å². The Morgan fingerprint density at radius 2 is 2.29 bits per heavy atom. The predicted octanol–water partition coefficient (Wildman–Crippen LogP) is 0.204. The first kappa shape index (κ1) is 11.1. The minimum atomic E-state index is -0.252. The summed E-state index contributed by atoms with van der Waals surface area (Å²) < 4.78 is 6.96. The normalized spacial score (nSPS) is 12.0. The van der Waals surface area contributed by atoms with E-state index in [9.17, 15) is 0 Å². The number of aromatic nitrogens is 3. The Kier molecular flexibility index (Phi) is 3.60. The van der Waals surface area contributed by atoms with E-state index in [1.807, 2.05) is 18.4 Å². The van der Waals surface area contributed by atoms with Gasteiger partial charge in [0.25, 0.3) is 0 Å². The monoisotopic (exact) mass is 198 g/mol. The summed E-state index contributed by atoms with van der Waals surface area (Å²) in [7, 11) is 1.68. The zero-order valence-electron chi connectivity index (χ0n) is 9.03. The van der Waals surface area contributed by atoms with E-state index in [2.05, 4.69) is 10.2 Å². The number of ether oxygens (including phenoxy) is 1. The molecule has 0 amide bonds. The Morgan fingerprint density at radius 3 is 2.86 bits per heavy atom. The first-order valence-corrected chi connectivity index (χ1v) is 4.67. The molecule has 0 aliphatic rings. The molecule has 0 fully saturated rings. The van der Waals surface area contributed by atoms with Crippen LogP contribution in [0, 0.1) is 0 Å². The molecule has 1 rings (SSSR count). The number of nitrogens with two attached hydrogens (primary N) is 1. The Labute approximate surface area is 84.3 Å². The molecule has 0 radical (unpaired) electrons. The van der Waals surface area contributed by atoms with Crippen molar-refractivity contribution in [3.05, 3.63) is 12.2 Å². The summed E-state index contributed by atoms with van der Waals surface area (Å²) in [6, 6.07) is 0. The number of nitrogens with zero attached hydrogens (tertiary/aromatic N) is 3. The summed E-state index contributed by atoms with van der Waals surface area (Å²) in [5.41, 5.74) is 5.66. The van der Waals surface area contributed by atoms with Crippen LogP contribution in [0.3, 0.4) is 0 Å². The van der Waals surface area contributed by atoms with Crippen molar-refractivity contribution in [2.75, 3.05) is 13.7 Å². The van der Waals surface area contributed by atoms with Gasteiger partial charge in [-0.25, -0.2) is 0 Å². The van der Waals surface area contributed by atoms with Gasteiger partial charge in [0.05, 0.1) is 6.61 Å². The van der Waals surface area contributed by atoms with E-state index >= 15 is 0 Å². The molecule has 5 heteroatoms. The molecule has 0 atom stereocenters. The van der Waals surface area contributed by atoms with E-state index in [4.69, 9.17) is 10.5 Å². The van der Waals surface area contributed by atoms with Gasteiger partial charge in [0, 0.05) is 25.6 Å². The van der Waals surface area contributed by atoms with Crippen LogP contribution in [0.25, 0.3) is 0 Å². The van der Waals surface area contributed by atoms with Crippen LogP contribution in [0.15, 0.2) is 6.33 Å². The Balaban J connectivity index is 2.63. The van der Waals surface area contributed by atoms with Crippen LogP contribution in [0.4, 0.5) is 0 Å².